The maximum absolute atomic E-state index is 10.2. The molecule has 0 aliphatic rings. The number of esters is 1. The first-order valence-corrected chi connectivity index (χ1v) is 4.37. The molecule has 16 heavy (non-hydrogen) atoms. The predicted octanol–water partition coefficient (Wildman–Crippen LogP) is -16.4. The van der Waals surface area contributed by atoms with Gasteiger partial charge in [0, 0.05) is 5.57 Å². The van der Waals surface area contributed by atoms with Crippen LogP contribution in [0.3, 0.4) is 0 Å². The Morgan fingerprint density at radius 3 is 1.25 bits per heavy atom. The van der Waals surface area contributed by atoms with E-state index in [1.54, 1.807) is 6.92 Å². The largest absolute Gasteiger partial charge is 1.00 e. The van der Waals surface area contributed by atoms with Gasteiger partial charge in [0.15, 0.2) is 0 Å². The van der Waals surface area contributed by atoms with Crippen LogP contribution in [0.25, 0.3) is 0 Å². The molecule has 0 heterocycles. The second-order valence-corrected chi connectivity index (χ2v) is 2.77. The molecule has 0 unspecified atom stereocenters. The number of hydrogen-bond donors (Lipinski definition) is 0. The van der Waals surface area contributed by atoms with Crippen molar-refractivity contribution in [3.05, 3.63) is 12.2 Å². The van der Waals surface area contributed by atoms with Gasteiger partial charge in [0.05, 0.1) is 7.11 Å². The van der Waals surface area contributed by atoms with Crippen molar-refractivity contribution in [3.8, 4) is 0 Å². The van der Waals surface area contributed by atoms with E-state index < -0.39 is 9.05 Å². The Hall–Kier alpha value is 3.27. The van der Waals surface area contributed by atoms with Gasteiger partial charge in [-0.15, -0.1) is 0 Å². The van der Waals surface area contributed by atoms with Crippen molar-refractivity contribution in [2.24, 2.45) is 0 Å². The molecule has 0 saturated carbocycles. The fourth-order valence-corrected chi connectivity index (χ4v) is 0.174. The summed E-state index contributed by atoms with van der Waals surface area (Å²) in [4.78, 5) is 44.5. The van der Waals surface area contributed by atoms with Gasteiger partial charge < -0.3 is 33.0 Å². The van der Waals surface area contributed by atoms with Crippen LogP contribution in [0.15, 0.2) is 12.2 Å². The zero-order chi connectivity index (χ0) is 10.4. The number of carbonyl (C=O) groups excluding carboxylic acids is 1. The van der Waals surface area contributed by atoms with Crippen LogP contribution in [0, 0.1) is 0 Å². The second-order valence-electron chi connectivity index (χ2n) is 1.77. The minimum Gasteiger partial charge on any atom is -0.894 e. The Labute approximate surface area is 184 Å². The quantitative estimate of drug-likeness (QED) is 0.268. The third kappa shape index (κ3) is 53.2. The molecule has 0 radical (unpaired) electrons. The minimum absolute atomic E-state index is 0. The molecule has 0 aliphatic carbocycles. The van der Waals surface area contributed by atoms with Crippen molar-refractivity contribution in [2.75, 3.05) is 7.11 Å². The summed E-state index contributed by atoms with van der Waals surface area (Å²) in [5, 5.41) is 0. The van der Waals surface area contributed by atoms with Crippen molar-refractivity contribution in [1.29, 1.82) is 0 Å². The van der Waals surface area contributed by atoms with Crippen LogP contribution in [0.5, 0.6) is 0 Å². The normalized spacial score (nSPS) is 7.12. The molecule has 0 bridgehead atoms. The van der Waals surface area contributed by atoms with Crippen LogP contribution in [-0.2, 0) is 9.53 Å². The van der Waals surface area contributed by atoms with Crippen LogP contribution in [0.4, 0.5) is 0 Å². The van der Waals surface area contributed by atoms with Gasteiger partial charge in [-0.05, 0) is 6.92 Å². The number of methoxy groups -OCH3 is 1. The van der Waals surface area contributed by atoms with E-state index in [1.807, 2.05) is 0 Å². The second kappa shape index (κ2) is 20.6. The van der Waals surface area contributed by atoms with Gasteiger partial charge in [-0.1, -0.05) is 6.58 Å². The first-order chi connectivity index (χ1) is 5.18. The first kappa shape index (κ1) is 36.5. The molecule has 11 heteroatoms. The van der Waals surface area contributed by atoms with Crippen LogP contribution >= 0.6 is 0 Å². The van der Waals surface area contributed by atoms with Crippen LogP contribution < -0.4 is 137 Å². The zero-order valence-electron chi connectivity index (χ0n) is 10.7. The van der Waals surface area contributed by atoms with E-state index in [-0.39, 0.29) is 124 Å². The van der Waals surface area contributed by atoms with E-state index in [9.17, 15) is 4.79 Å². The fourth-order valence-electron chi connectivity index (χ4n) is 0.174. The van der Waals surface area contributed by atoms with Crippen molar-refractivity contribution >= 4 is 15.0 Å². The molecule has 0 spiro atoms. The van der Waals surface area contributed by atoms with Gasteiger partial charge in [0.25, 0.3) is 0 Å². The summed E-state index contributed by atoms with van der Waals surface area (Å²) in [5.41, 5.74) is 0.433. The molecule has 0 rings (SSSR count). The number of hydrogen-bond acceptors (Lipinski definition) is 6. The van der Waals surface area contributed by atoms with E-state index in [4.69, 9.17) is 19.2 Å². The Kier molecular flexibility index (Phi) is 47.0. The van der Waals surface area contributed by atoms with Crippen LogP contribution in [0.2, 0.25) is 0 Å². The average molecular weight is 284 g/mol. The van der Waals surface area contributed by atoms with Crippen molar-refractivity contribution in [3.63, 3.8) is 0 Å². The molecule has 0 amide bonds. The molecule has 0 aromatic rings. The van der Waals surface area contributed by atoms with Gasteiger partial charge >= 0.3 is 124 Å². The van der Waals surface area contributed by atoms with Gasteiger partial charge in [-0.2, -0.15) is 0 Å². The maximum Gasteiger partial charge on any atom is 1.00 e. The number of carbonyl (C=O) groups is 1. The van der Waals surface area contributed by atoms with Gasteiger partial charge in [0.2, 0.25) is 0 Å². The molecule has 0 atom stereocenters. The molecule has 6 nitrogen and oxygen atoms in total. The number of ether oxygens (including phenoxy) is 1. The third-order valence-electron chi connectivity index (χ3n) is 0.534. The van der Waals surface area contributed by atoms with Crippen molar-refractivity contribution in [1.82, 2.24) is 0 Å². The molecular weight excluding hydrogens is 276 g/mol. The zero-order valence-corrected chi connectivity index (χ0v) is 19.7. The van der Waals surface area contributed by atoms with E-state index in [2.05, 4.69) is 11.3 Å². The van der Waals surface area contributed by atoms with Gasteiger partial charge in [-0.3, -0.25) is 0 Å². The maximum atomic E-state index is 10.2. The summed E-state index contributed by atoms with van der Waals surface area (Å²) < 4.78 is 4.27. The molecule has 0 N–H and O–H groups in total. The first-order valence-electron chi connectivity index (χ1n) is 2.74. The average Bonchev–Trinajstić information content (AvgIpc) is 1.82. The summed E-state index contributed by atoms with van der Waals surface area (Å²) in [7, 11) is -4.28. The minimum atomic E-state index is -5.61. The summed E-state index contributed by atoms with van der Waals surface area (Å²) >= 11 is 0. The molecule has 72 valence electrons. The molecule has 0 saturated heterocycles. The molecule has 0 aliphatic heterocycles. The molecule has 0 aromatic carbocycles. The van der Waals surface area contributed by atoms with E-state index >= 15 is 0 Å². The summed E-state index contributed by atoms with van der Waals surface area (Å²) in [6.07, 6.45) is 0. The Balaban J connectivity index is -0.0000000258. The summed E-state index contributed by atoms with van der Waals surface area (Å²) in [5.74, 6) is -0.347. The van der Waals surface area contributed by atoms with E-state index in [0.717, 1.165) is 0 Å². The van der Waals surface area contributed by atoms with E-state index in [1.165, 1.54) is 7.11 Å². The van der Waals surface area contributed by atoms with Crippen LogP contribution in [0.1, 0.15) is 6.92 Å². The number of rotatable bonds is 1. The fraction of sp³-hybridized carbons (Fsp3) is 0.400. The smallest absolute Gasteiger partial charge is 0.894 e. The van der Waals surface area contributed by atoms with Gasteiger partial charge in [0.1, 0.15) is 0 Å². The standard InChI is InChI=1S/C5H8O2.4Na.O4Si/c1-4(2)5(6)7-3;;;;;1-5(2,3)4/h1H2,2-3H3;;;;;/q;4*+1;-4. The Morgan fingerprint density at radius 1 is 1.06 bits per heavy atom. The third-order valence-corrected chi connectivity index (χ3v) is 0.534. The topological polar surface area (TPSA) is 119 Å². The molecule has 0 aromatic heterocycles. The SMILES string of the molecule is C=C(C)C(=O)OC.[Na+].[Na+].[Na+].[Na+].[O-][Si]([O-])([O-])[O-]. The predicted molar refractivity (Wildman–Crippen MR) is 32.6 cm³/mol. The summed E-state index contributed by atoms with van der Waals surface area (Å²) in [6, 6.07) is 0. The van der Waals surface area contributed by atoms with Crippen molar-refractivity contribution in [2.45, 2.75) is 6.92 Å². The Morgan fingerprint density at radius 2 is 1.25 bits per heavy atom. The van der Waals surface area contributed by atoms with Gasteiger partial charge in [-0.25, -0.2) is 4.79 Å². The van der Waals surface area contributed by atoms with Crippen LogP contribution in [-0.4, -0.2) is 22.1 Å². The monoisotopic (exact) mass is 284 g/mol. The molecule has 0 fully saturated rings. The summed E-state index contributed by atoms with van der Waals surface area (Å²) in [6.45, 7) is 4.95. The van der Waals surface area contributed by atoms with Crippen molar-refractivity contribution < 1.29 is 147 Å². The Bertz CT molecular complexity index is 167. The molecular formula is C5H8Na4O6Si. The van der Waals surface area contributed by atoms with E-state index in [0.29, 0.717) is 5.57 Å².